The molecule has 1 saturated heterocycles. The molecule has 0 atom stereocenters. The first kappa shape index (κ1) is 14.9. The Labute approximate surface area is 121 Å². The van der Waals surface area contributed by atoms with Gasteiger partial charge in [-0.05, 0) is 44.2 Å². The van der Waals surface area contributed by atoms with E-state index >= 15 is 0 Å². The Kier molecular flexibility index (Phi) is 5.87. The minimum atomic E-state index is 0.0573. The van der Waals surface area contributed by atoms with Crippen LogP contribution in [0.5, 0.6) is 0 Å². The van der Waals surface area contributed by atoms with Crippen molar-refractivity contribution in [3.63, 3.8) is 0 Å². The maximum Gasteiger partial charge on any atom is 0.225 e. The molecule has 0 saturated carbocycles. The summed E-state index contributed by atoms with van der Waals surface area (Å²) in [6.07, 6.45) is 5.75. The molecule has 0 radical (unpaired) electrons. The van der Waals surface area contributed by atoms with Crippen LogP contribution in [0.2, 0.25) is 0 Å². The second-order valence-corrected chi connectivity index (χ2v) is 5.35. The number of hydrogen-bond acceptors (Lipinski definition) is 3. The van der Waals surface area contributed by atoms with Crippen LogP contribution in [0.15, 0.2) is 24.3 Å². The molecule has 1 heterocycles. The summed E-state index contributed by atoms with van der Waals surface area (Å²) >= 11 is 0. The lowest BCUT2D eigenvalue weighted by Crippen LogP contribution is -2.23. The summed E-state index contributed by atoms with van der Waals surface area (Å²) in [5.41, 5.74) is 2.14. The maximum absolute atomic E-state index is 11.6. The molecule has 4 heteroatoms. The lowest BCUT2D eigenvalue weighted by molar-refractivity contribution is -0.116. The van der Waals surface area contributed by atoms with Gasteiger partial charge in [0.05, 0.1) is 0 Å². The van der Waals surface area contributed by atoms with E-state index in [2.05, 4.69) is 27.7 Å². The van der Waals surface area contributed by atoms with E-state index in [0.29, 0.717) is 13.0 Å². The topological polar surface area (TPSA) is 44.4 Å². The Bertz CT molecular complexity index is 408. The van der Waals surface area contributed by atoms with Gasteiger partial charge in [0.25, 0.3) is 0 Å². The predicted molar refractivity (Wildman–Crippen MR) is 84.3 cm³/mol. The molecule has 0 aliphatic carbocycles. The molecule has 0 aromatic heterocycles. The number of anilines is 2. The minimum absolute atomic E-state index is 0.0573. The first-order valence-corrected chi connectivity index (χ1v) is 7.59. The summed E-state index contributed by atoms with van der Waals surface area (Å²) in [4.78, 5) is 14.1. The molecule has 1 amide bonds. The zero-order chi connectivity index (χ0) is 14.2. The van der Waals surface area contributed by atoms with Crippen molar-refractivity contribution >= 4 is 17.3 Å². The average Bonchev–Trinajstić information content (AvgIpc) is 2.75. The van der Waals surface area contributed by atoms with Gasteiger partial charge in [-0.1, -0.05) is 12.8 Å². The SMILES string of the molecule is CNCCC(=O)Nc1ccc(N2CCCCCC2)cc1. The van der Waals surface area contributed by atoms with Crippen molar-refractivity contribution < 1.29 is 4.79 Å². The monoisotopic (exact) mass is 275 g/mol. The Morgan fingerprint density at radius 1 is 1.10 bits per heavy atom. The highest BCUT2D eigenvalue weighted by Gasteiger charge is 2.09. The maximum atomic E-state index is 11.6. The van der Waals surface area contributed by atoms with E-state index in [1.165, 1.54) is 31.4 Å². The summed E-state index contributed by atoms with van der Waals surface area (Å²) in [6.45, 7) is 3.00. The average molecular weight is 275 g/mol. The van der Waals surface area contributed by atoms with Crippen LogP contribution in [-0.2, 0) is 4.79 Å². The van der Waals surface area contributed by atoms with Crippen LogP contribution >= 0.6 is 0 Å². The van der Waals surface area contributed by atoms with E-state index in [-0.39, 0.29) is 5.91 Å². The van der Waals surface area contributed by atoms with Gasteiger partial charge in [-0.2, -0.15) is 0 Å². The van der Waals surface area contributed by atoms with Crippen LogP contribution in [-0.4, -0.2) is 32.6 Å². The normalized spacial score (nSPS) is 15.8. The van der Waals surface area contributed by atoms with E-state index in [1.807, 2.05) is 19.2 Å². The third-order valence-electron chi connectivity index (χ3n) is 3.72. The second kappa shape index (κ2) is 7.90. The highest BCUT2D eigenvalue weighted by Crippen LogP contribution is 2.21. The lowest BCUT2D eigenvalue weighted by atomic mass is 10.2. The molecule has 2 rings (SSSR count). The number of amides is 1. The van der Waals surface area contributed by atoms with Crippen LogP contribution in [0, 0.1) is 0 Å². The molecule has 1 aromatic carbocycles. The fraction of sp³-hybridized carbons (Fsp3) is 0.562. The Hall–Kier alpha value is -1.55. The standard InChI is InChI=1S/C16H25N3O/c1-17-11-10-16(20)18-14-6-8-15(9-7-14)19-12-4-2-3-5-13-19/h6-9,17H,2-5,10-13H2,1H3,(H,18,20). The van der Waals surface area contributed by atoms with Gasteiger partial charge in [-0.25, -0.2) is 0 Å². The second-order valence-electron chi connectivity index (χ2n) is 5.35. The van der Waals surface area contributed by atoms with E-state index in [9.17, 15) is 4.79 Å². The molecule has 4 nitrogen and oxygen atoms in total. The molecule has 0 spiro atoms. The van der Waals surface area contributed by atoms with Gasteiger partial charge in [0.15, 0.2) is 0 Å². The van der Waals surface area contributed by atoms with Gasteiger partial charge < -0.3 is 15.5 Å². The van der Waals surface area contributed by atoms with Crippen molar-refractivity contribution in [2.45, 2.75) is 32.1 Å². The molecule has 2 N–H and O–H groups in total. The van der Waals surface area contributed by atoms with E-state index in [0.717, 1.165) is 18.8 Å². The van der Waals surface area contributed by atoms with Crippen LogP contribution in [0.3, 0.4) is 0 Å². The summed E-state index contributed by atoms with van der Waals surface area (Å²) < 4.78 is 0. The van der Waals surface area contributed by atoms with Crippen LogP contribution in [0.25, 0.3) is 0 Å². The molecule has 0 bridgehead atoms. The minimum Gasteiger partial charge on any atom is -0.372 e. The van der Waals surface area contributed by atoms with Gasteiger partial charge in [0.1, 0.15) is 0 Å². The zero-order valence-corrected chi connectivity index (χ0v) is 12.3. The van der Waals surface area contributed by atoms with E-state index < -0.39 is 0 Å². The number of rotatable bonds is 5. The molecule has 1 fully saturated rings. The zero-order valence-electron chi connectivity index (χ0n) is 12.3. The van der Waals surface area contributed by atoms with Crippen LogP contribution in [0.1, 0.15) is 32.1 Å². The summed E-state index contributed by atoms with van der Waals surface area (Å²) in [5, 5.41) is 5.90. The quantitative estimate of drug-likeness (QED) is 0.868. The number of nitrogens with zero attached hydrogens (tertiary/aromatic N) is 1. The van der Waals surface area contributed by atoms with Crippen molar-refractivity contribution in [2.24, 2.45) is 0 Å². The molecular weight excluding hydrogens is 250 g/mol. The highest BCUT2D eigenvalue weighted by atomic mass is 16.1. The predicted octanol–water partition coefficient (Wildman–Crippen LogP) is 2.62. The van der Waals surface area contributed by atoms with Crippen LogP contribution in [0.4, 0.5) is 11.4 Å². The molecule has 1 aliphatic heterocycles. The largest absolute Gasteiger partial charge is 0.372 e. The van der Waals surface area contributed by atoms with Gasteiger partial charge in [-0.3, -0.25) is 4.79 Å². The van der Waals surface area contributed by atoms with Gasteiger partial charge in [0.2, 0.25) is 5.91 Å². The van der Waals surface area contributed by atoms with E-state index in [1.54, 1.807) is 0 Å². The summed E-state index contributed by atoms with van der Waals surface area (Å²) in [7, 11) is 1.85. The Balaban J connectivity index is 1.90. The Morgan fingerprint density at radius 3 is 2.35 bits per heavy atom. The van der Waals surface area contributed by atoms with Crippen molar-refractivity contribution in [1.82, 2.24) is 5.32 Å². The lowest BCUT2D eigenvalue weighted by Gasteiger charge is -2.22. The third-order valence-corrected chi connectivity index (χ3v) is 3.72. The molecule has 1 aromatic rings. The highest BCUT2D eigenvalue weighted by molar-refractivity contribution is 5.91. The first-order valence-electron chi connectivity index (χ1n) is 7.59. The molecule has 20 heavy (non-hydrogen) atoms. The fourth-order valence-electron chi connectivity index (χ4n) is 2.55. The molecule has 1 aliphatic rings. The van der Waals surface area contributed by atoms with Crippen LogP contribution < -0.4 is 15.5 Å². The third kappa shape index (κ3) is 4.53. The molecule has 110 valence electrons. The smallest absolute Gasteiger partial charge is 0.225 e. The molecule has 0 unspecified atom stereocenters. The van der Waals surface area contributed by atoms with Crippen molar-refractivity contribution in [2.75, 3.05) is 36.9 Å². The van der Waals surface area contributed by atoms with Gasteiger partial charge >= 0.3 is 0 Å². The summed E-state index contributed by atoms with van der Waals surface area (Å²) in [5.74, 6) is 0.0573. The van der Waals surface area contributed by atoms with Crippen molar-refractivity contribution in [1.29, 1.82) is 0 Å². The van der Waals surface area contributed by atoms with Gasteiger partial charge in [-0.15, -0.1) is 0 Å². The van der Waals surface area contributed by atoms with Crippen molar-refractivity contribution in [3.05, 3.63) is 24.3 Å². The Morgan fingerprint density at radius 2 is 1.75 bits per heavy atom. The number of nitrogens with one attached hydrogen (secondary N) is 2. The first-order chi connectivity index (χ1) is 9.79. The number of benzene rings is 1. The van der Waals surface area contributed by atoms with Crippen molar-refractivity contribution in [3.8, 4) is 0 Å². The summed E-state index contributed by atoms with van der Waals surface area (Å²) in [6, 6.07) is 8.22. The number of carbonyl (C=O) groups excluding carboxylic acids is 1. The number of carbonyl (C=O) groups is 1. The number of hydrogen-bond donors (Lipinski definition) is 2. The molecular formula is C16H25N3O. The van der Waals surface area contributed by atoms with E-state index in [4.69, 9.17) is 0 Å². The van der Waals surface area contributed by atoms with Gasteiger partial charge in [0, 0.05) is 37.4 Å². The fourth-order valence-corrected chi connectivity index (χ4v) is 2.55.